The van der Waals surface area contributed by atoms with Gasteiger partial charge in [-0.25, -0.2) is 9.97 Å². The van der Waals surface area contributed by atoms with Crippen LogP contribution in [0.15, 0.2) is 18.5 Å². The number of amides is 1. The van der Waals surface area contributed by atoms with Gasteiger partial charge in [-0.05, 0) is 12.6 Å². The summed E-state index contributed by atoms with van der Waals surface area (Å²) in [4.78, 5) is 32.1. The standard InChI is InChI=1S/C12H18N4O3/c1-3-16(7-9(2)11(18)19)8-10(17)15-12-13-5-4-6-14-12/h4-6,9H,3,7-8H2,1-2H3,(H,18,19)(H,13,14,15,17). The summed E-state index contributed by atoms with van der Waals surface area (Å²) in [5.74, 6) is -1.40. The van der Waals surface area contributed by atoms with Crippen molar-refractivity contribution >= 4 is 17.8 Å². The van der Waals surface area contributed by atoms with Crippen LogP contribution in [0.3, 0.4) is 0 Å². The number of rotatable bonds is 7. The van der Waals surface area contributed by atoms with Crippen molar-refractivity contribution in [3.05, 3.63) is 18.5 Å². The number of nitrogens with zero attached hydrogens (tertiary/aromatic N) is 3. The molecule has 0 saturated carbocycles. The average Bonchev–Trinajstić information content (AvgIpc) is 2.38. The molecule has 0 saturated heterocycles. The molecule has 1 heterocycles. The van der Waals surface area contributed by atoms with Gasteiger partial charge < -0.3 is 5.11 Å². The minimum Gasteiger partial charge on any atom is -0.481 e. The van der Waals surface area contributed by atoms with Crippen molar-refractivity contribution in [2.75, 3.05) is 25.0 Å². The van der Waals surface area contributed by atoms with E-state index in [0.29, 0.717) is 13.1 Å². The molecule has 1 aromatic heterocycles. The number of aliphatic carboxylic acids is 1. The van der Waals surface area contributed by atoms with Gasteiger partial charge in [0.15, 0.2) is 0 Å². The number of hydrogen-bond donors (Lipinski definition) is 2. The second kappa shape index (κ2) is 7.42. The molecule has 0 radical (unpaired) electrons. The summed E-state index contributed by atoms with van der Waals surface area (Å²) in [6, 6.07) is 1.66. The molecule has 1 amide bonds. The molecular formula is C12H18N4O3. The molecule has 0 aromatic carbocycles. The van der Waals surface area contributed by atoms with Crippen LogP contribution >= 0.6 is 0 Å². The highest BCUT2D eigenvalue weighted by Crippen LogP contribution is 2.01. The van der Waals surface area contributed by atoms with Gasteiger partial charge in [-0.3, -0.25) is 19.8 Å². The van der Waals surface area contributed by atoms with Crippen LogP contribution in [0.25, 0.3) is 0 Å². The number of carbonyl (C=O) groups is 2. The molecule has 7 heteroatoms. The van der Waals surface area contributed by atoms with Crippen molar-refractivity contribution in [1.82, 2.24) is 14.9 Å². The largest absolute Gasteiger partial charge is 0.481 e. The Morgan fingerprint density at radius 1 is 1.42 bits per heavy atom. The summed E-state index contributed by atoms with van der Waals surface area (Å²) in [5, 5.41) is 11.4. The van der Waals surface area contributed by atoms with Gasteiger partial charge >= 0.3 is 5.97 Å². The van der Waals surface area contributed by atoms with Crippen LogP contribution in [-0.2, 0) is 9.59 Å². The Morgan fingerprint density at radius 2 is 2.05 bits per heavy atom. The van der Waals surface area contributed by atoms with Crippen molar-refractivity contribution in [3.8, 4) is 0 Å². The quantitative estimate of drug-likeness (QED) is 0.744. The number of likely N-dealkylation sites (N-methyl/N-ethyl adjacent to an activating group) is 1. The maximum Gasteiger partial charge on any atom is 0.307 e. The number of nitrogens with one attached hydrogen (secondary N) is 1. The highest BCUT2D eigenvalue weighted by Gasteiger charge is 2.17. The molecule has 1 atom stereocenters. The zero-order valence-electron chi connectivity index (χ0n) is 11.0. The van der Waals surface area contributed by atoms with E-state index in [2.05, 4.69) is 15.3 Å². The van der Waals surface area contributed by atoms with Gasteiger partial charge in [-0.1, -0.05) is 13.8 Å². The van der Waals surface area contributed by atoms with E-state index in [1.165, 1.54) is 12.4 Å². The molecule has 0 spiro atoms. The lowest BCUT2D eigenvalue weighted by Gasteiger charge is -2.21. The van der Waals surface area contributed by atoms with E-state index in [1.807, 2.05) is 6.92 Å². The van der Waals surface area contributed by atoms with Crippen LogP contribution in [0.2, 0.25) is 0 Å². The number of anilines is 1. The molecule has 7 nitrogen and oxygen atoms in total. The number of hydrogen-bond acceptors (Lipinski definition) is 5. The van der Waals surface area contributed by atoms with Gasteiger partial charge in [0.1, 0.15) is 0 Å². The summed E-state index contributed by atoms with van der Waals surface area (Å²) in [6.07, 6.45) is 3.07. The summed E-state index contributed by atoms with van der Waals surface area (Å²) < 4.78 is 0. The SMILES string of the molecule is CCN(CC(=O)Nc1ncccn1)CC(C)C(=O)O. The molecule has 0 aliphatic rings. The summed E-state index contributed by atoms with van der Waals surface area (Å²) in [7, 11) is 0. The Labute approximate surface area is 111 Å². The van der Waals surface area contributed by atoms with E-state index < -0.39 is 11.9 Å². The van der Waals surface area contributed by atoms with Crippen LogP contribution in [0.1, 0.15) is 13.8 Å². The fourth-order valence-electron chi connectivity index (χ4n) is 1.50. The van der Waals surface area contributed by atoms with Crippen molar-refractivity contribution < 1.29 is 14.7 Å². The van der Waals surface area contributed by atoms with Gasteiger partial charge in [-0.15, -0.1) is 0 Å². The van der Waals surface area contributed by atoms with E-state index in [4.69, 9.17) is 5.11 Å². The molecule has 0 aliphatic carbocycles. The molecule has 0 bridgehead atoms. The molecule has 1 unspecified atom stereocenters. The monoisotopic (exact) mass is 266 g/mol. The van der Waals surface area contributed by atoms with Gasteiger partial charge in [0.05, 0.1) is 12.5 Å². The summed E-state index contributed by atoms with van der Waals surface area (Å²) in [5.41, 5.74) is 0. The van der Waals surface area contributed by atoms with Crippen molar-refractivity contribution in [3.63, 3.8) is 0 Å². The predicted octanol–water partition coefficient (Wildman–Crippen LogP) is 0.458. The first kappa shape index (κ1) is 15.0. The minimum absolute atomic E-state index is 0.117. The molecule has 0 aliphatic heterocycles. The predicted molar refractivity (Wildman–Crippen MR) is 69.6 cm³/mol. The fourth-order valence-corrected chi connectivity index (χ4v) is 1.50. The molecule has 0 fully saturated rings. The summed E-state index contributed by atoms with van der Waals surface area (Å²) in [6.45, 7) is 4.53. The molecule has 2 N–H and O–H groups in total. The maximum absolute atomic E-state index is 11.8. The summed E-state index contributed by atoms with van der Waals surface area (Å²) >= 11 is 0. The zero-order chi connectivity index (χ0) is 14.3. The van der Waals surface area contributed by atoms with Crippen LogP contribution in [0, 0.1) is 5.92 Å². The number of carbonyl (C=O) groups excluding carboxylic acids is 1. The lowest BCUT2D eigenvalue weighted by molar-refractivity contribution is -0.142. The molecular weight excluding hydrogens is 248 g/mol. The Bertz CT molecular complexity index is 424. The lowest BCUT2D eigenvalue weighted by atomic mass is 10.1. The van der Waals surface area contributed by atoms with Crippen LogP contribution in [-0.4, -0.2) is 51.5 Å². The second-order valence-corrected chi connectivity index (χ2v) is 4.19. The van der Waals surface area contributed by atoms with Gasteiger partial charge in [-0.2, -0.15) is 0 Å². The van der Waals surface area contributed by atoms with Crippen molar-refractivity contribution in [1.29, 1.82) is 0 Å². The van der Waals surface area contributed by atoms with E-state index >= 15 is 0 Å². The van der Waals surface area contributed by atoms with Crippen molar-refractivity contribution in [2.24, 2.45) is 5.92 Å². The molecule has 19 heavy (non-hydrogen) atoms. The van der Waals surface area contributed by atoms with E-state index in [1.54, 1.807) is 17.9 Å². The molecule has 104 valence electrons. The van der Waals surface area contributed by atoms with Crippen LogP contribution in [0.4, 0.5) is 5.95 Å². The Hall–Kier alpha value is -2.02. The normalized spacial score (nSPS) is 12.2. The van der Waals surface area contributed by atoms with Crippen LogP contribution < -0.4 is 5.32 Å². The molecule has 1 rings (SSSR count). The average molecular weight is 266 g/mol. The van der Waals surface area contributed by atoms with E-state index in [-0.39, 0.29) is 18.4 Å². The fraction of sp³-hybridized carbons (Fsp3) is 0.500. The van der Waals surface area contributed by atoms with Gasteiger partial charge in [0.25, 0.3) is 0 Å². The third kappa shape index (κ3) is 5.43. The Balaban J connectivity index is 2.47. The third-order valence-corrected chi connectivity index (χ3v) is 2.59. The Morgan fingerprint density at radius 3 is 2.58 bits per heavy atom. The third-order valence-electron chi connectivity index (χ3n) is 2.59. The number of carboxylic acid groups (broad SMARTS) is 1. The number of aromatic nitrogens is 2. The van der Waals surface area contributed by atoms with Gasteiger partial charge in [0, 0.05) is 18.9 Å². The van der Waals surface area contributed by atoms with Crippen molar-refractivity contribution in [2.45, 2.75) is 13.8 Å². The highest BCUT2D eigenvalue weighted by molar-refractivity contribution is 5.90. The first-order valence-electron chi connectivity index (χ1n) is 6.05. The maximum atomic E-state index is 11.8. The zero-order valence-corrected chi connectivity index (χ0v) is 11.0. The lowest BCUT2D eigenvalue weighted by Crippen LogP contribution is -2.37. The smallest absolute Gasteiger partial charge is 0.307 e. The minimum atomic E-state index is -0.870. The Kier molecular flexibility index (Phi) is 5.87. The topological polar surface area (TPSA) is 95.4 Å². The van der Waals surface area contributed by atoms with Crippen LogP contribution in [0.5, 0.6) is 0 Å². The highest BCUT2D eigenvalue weighted by atomic mass is 16.4. The second-order valence-electron chi connectivity index (χ2n) is 4.19. The first-order chi connectivity index (χ1) is 9.02. The number of carboxylic acids is 1. The van der Waals surface area contributed by atoms with Gasteiger partial charge in [0.2, 0.25) is 11.9 Å². The van der Waals surface area contributed by atoms with E-state index in [0.717, 1.165) is 0 Å². The first-order valence-corrected chi connectivity index (χ1v) is 6.05. The van der Waals surface area contributed by atoms with E-state index in [9.17, 15) is 9.59 Å². The molecule has 1 aromatic rings.